The van der Waals surface area contributed by atoms with Gasteiger partial charge in [-0.15, -0.1) is 0 Å². The first kappa shape index (κ1) is 13.0. The molecule has 1 aliphatic rings. The molecular weight excluding hydrogens is 226 g/mol. The fraction of sp³-hybridized carbons (Fsp3) is 0.600. The highest BCUT2D eigenvalue weighted by Gasteiger charge is 2.10. The summed E-state index contributed by atoms with van der Waals surface area (Å²) in [5.41, 5.74) is 4.60. The summed E-state index contributed by atoms with van der Waals surface area (Å²) in [4.78, 5) is 0. The van der Waals surface area contributed by atoms with Crippen LogP contribution in [0.1, 0.15) is 37.0 Å². The Labute approximate surface area is 109 Å². The van der Waals surface area contributed by atoms with Gasteiger partial charge in [-0.25, -0.2) is 0 Å². The number of thioether (sulfide) groups is 1. The van der Waals surface area contributed by atoms with Gasteiger partial charge >= 0.3 is 0 Å². The minimum atomic E-state index is 0.605. The molecule has 1 atom stereocenters. The number of aryl methyl sites for hydroxylation is 2. The lowest BCUT2D eigenvalue weighted by atomic mass is 10.1. The fourth-order valence-corrected chi connectivity index (χ4v) is 3.09. The number of hydrogen-bond acceptors (Lipinski definition) is 2. The van der Waals surface area contributed by atoms with Crippen LogP contribution in [0.25, 0.3) is 0 Å². The van der Waals surface area contributed by atoms with Gasteiger partial charge in [-0.1, -0.05) is 25.1 Å². The molecule has 1 unspecified atom stereocenters. The minimum Gasteiger partial charge on any atom is -0.309 e. The van der Waals surface area contributed by atoms with E-state index in [9.17, 15) is 0 Å². The summed E-state index contributed by atoms with van der Waals surface area (Å²) >= 11 is 2.01. The Balaban J connectivity index is 1.83. The maximum absolute atomic E-state index is 3.60. The van der Waals surface area contributed by atoms with E-state index in [1.54, 1.807) is 11.1 Å². The lowest BCUT2D eigenvalue weighted by Crippen LogP contribution is -2.27. The molecule has 1 N–H and O–H groups in total. The standard InChI is InChI=1S/C15H23NS/c1-3-17-11-12(2)16-10-13-7-8-14-5-4-6-15(14)9-13/h7-9,12,16H,3-6,10-11H2,1-2H3. The molecule has 1 aromatic rings. The second-order valence-corrected chi connectivity index (χ2v) is 6.22. The topological polar surface area (TPSA) is 12.0 Å². The van der Waals surface area contributed by atoms with Crippen molar-refractivity contribution in [1.82, 2.24) is 5.32 Å². The van der Waals surface area contributed by atoms with Crippen LogP contribution in [0.3, 0.4) is 0 Å². The van der Waals surface area contributed by atoms with E-state index >= 15 is 0 Å². The summed E-state index contributed by atoms with van der Waals surface area (Å²) in [5, 5.41) is 3.60. The molecule has 1 nitrogen and oxygen atoms in total. The van der Waals surface area contributed by atoms with Crippen LogP contribution in [0.5, 0.6) is 0 Å². The van der Waals surface area contributed by atoms with Gasteiger partial charge in [-0.3, -0.25) is 0 Å². The SMILES string of the molecule is CCSCC(C)NCc1ccc2c(c1)CCC2. The van der Waals surface area contributed by atoms with Gasteiger partial charge in [0, 0.05) is 18.3 Å². The molecule has 1 aromatic carbocycles. The van der Waals surface area contributed by atoms with Crippen LogP contribution in [0, 0.1) is 0 Å². The van der Waals surface area contributed by atoms with Crippen molar-refractivity contribution in [3.8, 4) is 0 Å². The molecule has 0 saturated carbocycles. The summed E-state index contributed by atoms with van der Waals surface area (Å²) in [6.07, 6.45) is 3.91. The zero-order chi connectivity index (χ0) is 12.1. The van der Waals surface area contributed by atoms with Crippen molar-refractivity contribution >= 4 is 11.8 Å². The molecule has 2 heteroatoms. The number of fused-ring (bicyclic) bond motifs is 1. The molecule has 0 saturated heterocycles. The third-order valence-electron chi connectivity index (χ3n) is 3.39. The van der Waals surface area contributed by atoms with Crippen LogP contribution < -0.4 is 5.32 Å². The van der Waals surface area contributed by atoms with Crippen molar-refractivity contribution in [3.63, 3.8) is 0 Å². The first-order valence-electron chi connectivity index (χ1n) is 6.71. The Morgan fingerprint density at radius 3 is 2.94 bits per heavy atom. The van der Waals surface area contributed by atoms with Gasteiger partial charge in [0.05, 0.1) is 0 Å². The van der Waals surface area contributed by atoms with Crippen LogP contribution in [0.2, 0.25) is 0 Å². The van der Waals surface area contributed by atoms with Crippen LogP contribution in [-0.4, -0.2) is 17.5 Å². The molecule has 0 fully saturated rings. The zero-order valence-corrected chi connectivity index (χ0v) is 11.8. The van der Waals surface area contributed by atoms with Crippen molar-refractivity contribution < 1.29 is 0 Å². The highest BCUT2D eigenvalue weighted by Crippen LogP contribution is 2.22. The lowest BCUT2D eigenvalue weighted by molar-refractivity contribution is 0.595. The number of hydrogen-bond donors (Lipinski definition) is 1. The largest absolute Gasteiger partial charge is 0.309 e. The number of nitrogens with one attached hydrogen (secondary N) is 1. The summed E-state index contributed by atoms with van der Waals surface area (Å²) in [7, 11) is 0. The minimum absolute atomic E-state index is 0.605. The maximum atomic E-state index is 3.60. The Bertz CT molecular complexity index is 362. The third kappa shape index (κ3) is 3.75. The molecule has 1 aliphatic carbocycles. The molecule has 0 aromatic heterocycles. The first-order chi connectivity index (χ1) is 8.29. The third-order valence-corrected chi connectivity index (χ3v) is 4.53. The zero-order valence-electron chi connectivity index (χ0n) is 11.0. The van der Waals surface area contributed by atoms with Crippen LogP contribution in [0.15, 0.2) is 18.2 Å². The Morgan fingerprint density at radius 2 is 2.12 bits per heavy atom. The van der Waals surface area contributed by atoms with Gasteiger partial charge in [0.2, 0.25) is 0 Å². The summed E-state index contributed by atoms with van der Waals surface area (Å²) < 4.78 is 0. The molecule has 0 aliphatic heterocycles. The number of rotatable bonds is 6. The average molecular weight is 249 g/mol. The van der Waals surface area contributed by atoms with E-state index in [4.69, 9.17) is 0 Å². The van der Waals surface area contributed by atoms with Gasteiger partial charge in [0.1, 0.15) is 0 Å². The molecular formula is C15H23NS. The van der Waals surface area contributed by atoms with Gasteiger partial charge in [0.15, 0.2) is 0 Å². The van der Waals surface area contributed by atoms with Gasteiger partial charge < -0.3 is 5.32 Å². The first-order valence-corrected chi connectivity index (χ1v) is 7.87. The Kier molecular flexibility index (Phi) is 4.93. The highest BCUT2D eigenvalue weighted by molar-refractivity contribution is 7.99. The second-order valence-electron chi connectivity index (χ2n) is 4.90. The molecule has 0 spiro atoms. The molecule has 0 radical (unpaired) electrons. The number of benzene rings is 1. The van der Waals surface area contributed by atoms with Crippen molar-refractivity contribution in [3.05, 3.63) is 34.9 Å². The predicted octanol–water partition coefficient (Wildman–Crippen LogP) is 3.41. The molecule has 0 amide bonds. The monoisotopic (exact) mass is 249 g/mol. The Hall–Kier alpha value is -0.470. The molecule has 17 heavy (non-hydrogen) atoms. The van der Waals surface area contributed by atoms with Crippen LogP contribution >= 0.6 is 11.8 Å². The van der Waals surface area contributed by atoms with Gasteiger partial charge in [-0.05, 0) is 48.6 Å². The van der Waals surface area contributed by atoms with Gasteiger partial charge in [-0.2, -0.15) is 11.8 Å². The van der Waals surface area contributed by atoms with Crippen molar-refractivity contribution in [1.29, 1.82) is 0 Å². The van der Waals surface area contributed by atoms with E-state index in [1.165, 1.54) is 36.3 Å². The van der Waals surface area contributed by atoms with E-state index < -0.39 is 0 Å². The smallest absolute Gasteiger partial charge is 0.0208 e. The quantitative estimate of drug-likeness (QED) is 0.829. The van der Waals surface area contributed by atoms with E-state index in [0.717, 1.165) is 6.54 Å². The highest BCUT2D eigenvalue weighted by atomic mass is 32.2. The molecule has 0 heterocycles. The fourth-order valence-electron chi connectivity index (χ4n) is 2.38. The molecule has 0 bridgehead atoms. The molecule has 2 rings (SSSR count). The maximum Gasteiger partial charge on any atom is 0.0208 e. The van der Waals surface area contributed by atoms with Crippen molar-refractivity contribution in [2.45, 2.75) is 45.7 Å². The van der Waals surface area contributed by atoms with Crippen molar-refractivity contribution in [2.24, 2.45) is 0 Å². The van der Waals surface area contributed by atoms with Crippen molar-refractivity contribution in [2.75, 3.05) is 11.5 Å². The second kappa shape index (κ2) is 6.46. The average Bonchev–Trinajstić information content (AvgIpc) is 2.81. The summed E-state index contributed by atoms with van der Waals surface area (Å²) in [6.45, 7) is 5.51. The van der Waals surface area contributed by atoms with Crippen LogP contribution in [0.4, 0.5) is 0 Å². The van der Waals surface area contributed by atoms with E-state index in [1.807, 2.05) is 11.8 Å². The van der Waals surface area contributed by atoms with Gasteiger partial charge in [0.25, 0.3) is 0 Å². The van der Waals surface area contributed by atoms with E-state index in [-0.39, 0.29) is 0 Å². The van der Waals surface area contributed by atoms with E-state index in [0.29, 0.717) is 6.04 Å². The summed E-state index contributed by atoms with van der Waals surface area (Å²) in [5.74, 6) is 2.42. The normalized spacial score (nSPS) is 15.9. The Morgan fingerprint density at radius 1 is 1.29 bits per heavy atom. The van der Waals surface area contributed by atoms with Crippen LogP contribution in [-0.2, 0) is 19.4 Å². The summed E-state index contributed by atoms with van der Waals surface area (Å²) in [6, 6.07) is 7.62. The lowest BCUT2D eigenvalue weighted by Gasteiger charge is -2.13. The predicted molar refractivity (Wildman–Crippen MR) is 77.8 cm³/mol. The molecule has 94 valence electrons. The van der Waals surface area contributed by atoms with E-state index in [2.05, 4.69) is 37.4 Å².